The van der Waals surface area contributed by atoms with E-state index in [2.05, 4.69) is 17.1 Å². The molecule has 2 rings (SSSR count). The van der Waals surface area contributed by atoms with Crippen LogP contribution in [0, 0.1) is 6.92 Å². The zero-order valence-corrected chi connectivity index (χ0v) is 10.6. The van der Waals surface area contributed by atoms with Gasteiger partial charge in [0, 0.05) is 37.1 Å². The maximum Gasteiger partial charge on any atom is 0.0644 e. The molecule has 5 heteroatoms. The molecule has 2 aromatic heterocycles. The number of hydrogen-bond donors (Lipinski definition) is 1. The minimum absolute atomic E-state index is 0.144. The predicted molar refractivity (Wildman–Crippen MR) is 66.5 cm³/mol. The molecule has 2 aromatic rings. The molecule has 1 unspecified atom stereocenters. The van der Waals surface area contributed by atoms with Gasteiger partial charge in [0.1, 0.15) is 0 Å². The molecule has 0 aromatic carbocycles. The van der Waals surface area contributed by atoms with Crippen LogP contribution < -0.4 is 5.73 Å². The molecule has 0 aliphatic carbocycles. The second kappa shape index (κ2) is 4.71. The Balaban J connectivity index is 2.24. The fraction of sp³-hybridized carbons (Fsp3) is 0.500. The summed E-state index contributed by atoms with van der Waals surface area (Å²) in [4.78, 5) is 0. The van der Waals surface area contributed by atoms with E-state index in [1.165, 1.54) is 0 Å². The summed E-state index contributed by atoms with van der Waals surface area (Å²) in [6.45, 7) is 5.04. The van der Waals surface area contributed by atoms with Gasteiger partial charge in [-0.05, 0) is 13.3 Å². The molecule has 1 atom stereocenters. The first kappa shape index (κ1) is 11.9. The van der Waals surface area contributed by atoms with Crippen LogP contribution in [0.15, 0.2) is 18.6 Å². The van der Waals surface area contributed by atoms with Gasteiger partial charge in [0.05, 0.1) is 17.9 Å². The van der Waals surface area contributed by atoms with Crippen LogP contribution >= 0.6 is 0 Å². The van der Waals surface area contributed by atoms with E-state index in [1.807, 2.05) is 37.2 Å². The fourth-order valence-electron chi connectivity index (χ4n) is 1.99. The summed E-state index contributed by atoms with van der Waals surface area (Å²) in [5.41, 5.74) is 9.30. The van der Waals surface area contributed by atoms with Crippen LogP contribution in [0.1, 0.15) is 36.2 Å². The van der Waals surface area contributed by atoms with Crippen molar-refractivity contribution >= 4 is 0 Å². The molecular formula is C12H19N5. The fourth-order valence-corrected chi connectivity index (χ4v) is 1.99. The summed E-state index contributed by atoms with van der Waals surface area (Å²) in [6, 6.07) is -0.144. The molecule has 0 saturated heterocycles. The van der Waals surface area contributed by atoms with Crippen molar-refractivity contribution in [3.8, 4) is 0 Å². The van der Waals surface area contributed by atoms with E-state index in [-0.39, 0.29) is 6.04 Å². The molecular weight excluding hydrogens is 214 g/mol. The van der Waals surface area contributed by atoms with Crippen molar-refractivity contribution in [2.24, 2.45) is 12.8 Å². The van der Waals surface area contributed by atoms with Crippen LogP contribution in [0.3, 0.4) is 0 Å². The lowest BCUT2D eigenvalue weighted by atomic mass is 10.0. The second-order valence-electron chi connectivity index (χ2n) is 4.36. The van der Waals surface area contributed by atoms with Gasteiger partial charge in [-0.3, -0.25) is 9.36 Å². The first-order valence-corrected chi connectivity index (χ1v) is 5.90. The molecule has 17 heavy (non-hydrogen) atoms. The summed E-state index contributed by atoms with van der Waals surface area (Å²) in [6.07, 6.45) is 6.90. The number of aromatic nitrogens is 4. The second-order valence-corrected chi connectivity index (χ2v) is 4.36. The van der Waals surface area contributed by atoms with Gasteiger partial charge in [-0.1, -0.05) is 6.92 Å². The highest BCUT2D eigenvalue weighted by Crippen LogP contribution is 2.21. The topological polar surface area (TPSA) is 61.7 Å². The Kier molecular flexibility index (Phi) is 3.28. The van der Waals surface area contributed by atoms with Crippen LogP contribution in [0.5, 0.6) is 0 Å². The zero-order valence-electron chi connectivity index (χ0n) is 10.6. The lowest BCUT2D eigenvalue weighted by Crippen LogP contribution is -2.11. The lowest BCUT2D eigenvalue weighted by molar-refractivity contribution is 0.602. The van der Waals surface area contributed by atoms with Crippen molar-refractivity contribution in [3.63, 3.8) is 0 Å². The van der Waals surface area contributed by atoms with Crippen LogP contribution in [-0.2, 0) is 13.6 Å². The van der Waals surface area contributed by atoms with Crippen LogP contribution in [0.25, 0.3) is 0 Å². The highest BCUT2D eigenvalue weighted by atomic mass is 15.3. The van der Waals surface area contributed by atoms with Gasteiger partial charge in [0.2, 0.25) is 0 Å². The summed E-state index contributed by atoms with van der Waals surface area (Å²) in [7, 11) is 1.91. The minimum atomic E-state index is -0.144. The summed E-state index contributed by atoms with van der Waals surface area (Å²) >= 11 is 0. The highest BCUT2D eigenvalue weighted by Gasteiger charge is 2.15. The van der Waals surface area contributed by atoms with E-state index in [4.69, 9.17) is 5.73 Å². The zero-order chi connectivity index (χ0) is 12.4. The van der Waals surface area contributed by atoms with Crippen molar-refractivity contribution in [2.75, 3.05) is 0 Å². The van der Waals surface area contributed by atoms with Crippen molar-refractivity contribution in [3.05, 3.63) is 35.4 Å². The van der Waals surface area contributed by atoms with E-state index in [0.29, 0.717) is 0 Å². The number of nitrogens with two attached hydrogens (primary N) is 1. The Morgan fingerprint density at radius 2 is 2.18 bits per heavy atom. The van der Waals surface area contributed by atoms with E-state index >= 15 is 0 Å². The molecule has 0 amide bonds. The molecule has 92 valence electrons. The van der Waals surface area contributed by atoms with Crippen molar-refractivity contribution < 1.29 is 0 Å². The van der Waals surface area contributed by atoms with Crippen molar-refractivity contribution in [1.82, 2.24) is 19.6 Å². The Morgan fingerprint density at radius 1 is 1.41 bits per heavy atom. The molecule has 2 heterocycles. The molecule has 0 fully saturated rings. The Morgan fingerprint density at radius 3 is 2.76 bits per heavy atom. The number of rotatable bonds is 4. The SMILES string of the molecule is CCCn1cc(C(N)c2cn(C)nc2C)cn1. The Labute approximate surface area is 101 Å². The standard InChI is InChI=1S/C12H19N5/c1-4-5-17-7-10(6-14-17)12(13)11-8-16(3)15-9(11)2/h6-8,12H,4-5,13H2,1-3H3. The van der Waals surface area contributed by atoms with Gasteiger partial charge in [-0.15, -0.1) is 0 Å². The van der Waals surface area contributed by atoms with Gasteiger partial charge in [-0.25, -0.2) is 0 Å². The predicted octanol–water partition coefficient (Wildman–Crippen LogP) is 1.38. The molecule has 0 aliphatic rings. The first-order valence-electron chi connectivity index (χ1n) is 5.90. The van der Waals surface area contributed by atoms with Gasteiger partial charge < -0.3 is 5.73 Å². The average Bonchev–Trinajstić information content (AvgIpc) is 2.85. The van der Waals surface area contributed by atoms with Crippen molar-refractivity contribution in [2.45, 2.75) is 32.9 Å². The molecule has 0 spiro atoms. The maximum atomic E-state index is 6.23. The van der Waals surface area contributed by atoms with E-state index in [0.717, 1.165) is 29.8 Å². The average molecular weight is 233 g/mol. The molecule has 2 N–H and O–H groups in total. The normalized spacial score (nSPS) is 12.9. The summed E-state index contributed by atoms with van der Waals surface area (Å²) < 4.78 is 3.72. The van der Waals surface area contributed by atoms with E-state index < -0.39 is 0 Å². The molecule has 5 nitrogen and oxygen atoms in total. The van der Waals surface area contributed by atoms with Gasteiger partial charge >= 0.3 is 0 Å². The molecule has 0 radical (unpaired) electrons. The highest BCUT2D eigenvalue weighted by molar-refractivity contribution is 5.29. The third-order valence-corrected chi connectivity index (χ3v) is 2.85. The Bertz CT molecular complexity index is 497. The lowest BCUT2D eigenvalue weighted by Gasteiger charge is -2.07. The van der Waals surface area contributed by atoms with E-state index in [1.54, 1.807) is 4.68 Å². The number of aryl methyl sites for hydroxylation is 3. The van der Waals surface area contributed by atoms with Crippen LogP contribution in [0.2, 0.25) is 0 Å². The third-order valence-electron chi connectivity index (χ3n) is 2.85. The van der Waals surface area contributed by atoms with Gasteiger partial charge in [0.15, 0.2) is 0 Å². The first-order chi connectivity index (χ1) is 8.11. The quantitative estimate of drug-likeness (QED) is 0.868. The van der Waals surface area contributed by atoms with Gasteiger partial charge in [-0.2, -0.15) is 10.2 Å². The Hall–Kier alpha value is -1.62. The smallest absolute Gasteiger partial charge is 0.0644 e. The maximum absolute atomic E-state index is 6.23. The third kappa shape index (κ3) is 2.39. The molecule has 0 aliphatic heterocycles. The monoisotopic (exact) mass is 233 g/mol. The van der Waals surface area contributed by atoms with E-state index in [9.17, 15) is 0 Å². The van der Waals surface area contributed by atoms with Crippen LogP contribution in [-0.4, -0.2) is 19.6 Å². The summed E-state index contributed by atoms with van der Waals surface area (Å²) in [5, 5.41) is 8.61. The van der Waals surface area contributed by atoms with Gasteiger partial charge in [0.25, 0.3) is 0 Å². The number of nitrogens with zero attached hydrogens (tertiary/aromatic N) is 4. The van der Waals surface area contributed by atoms with Crippen LogP contribution in [0.4, 0.5) is 0 Å². The minimum Gasteiger partial charge on any atom is -0.320 e. The summed E-state index contributed by atoms with van der Waals surface area (Å²) in [5.74, 6) is 0. The number of hydrogen-bond acceptors (Lipinski definition) is 3. The largest absolute Gasteiger partial charge is 0.320 e. The van der Waals surface area contributed by atoms with Crippen molar-refractivity contribution in [1.29, 1.82) is 0 Å². The molecule has 0 saturated carbocycles. The molecule has 0 bridgehead atoms.